The Balaban J connectivity index is 1.39. The Morgan fingerprint density at radius 1 is 1.29 bits per heavy atom. The fourth-order valence-electron chi connectivity index (χ4n) is 4.31. The largest absolute Gasteiger partial charge is 0.444 e. The molecule has 3 aliphatic rings. The molecule has 3 fully saturated rings. The van der Waals surface area contributed by atoms with Gasteiger partial charge < -0.3 is 19.5 Å². The molecule has 0 spiro atoms. The van der Waals surface area contributed by atoms with Gasteiger partial charge in [-0.2, -0.15) is 0 Å². The summed E-state index contributed by atoms with van der Waals surface area (Å²) in [7, 11) is 0. The number of rotatable bonds is 3. The second-order valence-corrected chi connectivity index (χ2v) is 9.13. The summed E-state index contributed by atoms with van der Waals surface area (Å²) in [6.45, 7) is 6.11. The number of aromatic amines is 1. The summed E-state index contributed by atoms with van der Waals surface area (Å²) in [6, 6.07) is 0.250. The minimum absolute atomic E-state index is 0.272. The van der Waals surface area contributed by atoms with E-state index in [1.165, 1.54) is 21.7 Å². The minimum atomic E-state index is -0.639. The Bertz CT molecular complexity index is 965. The van der Waals surface area contributed by atoms with E-state index < -0.39 is 47.4 Å². The molecule has 0 unspecified atom stereocenters. The topological polar surface area (TPSA) is 132 Å². The van der Waals surface area contributed by atoms with Crippen LogP contribution < -0.4 is 16.6 Å². The molecule has 0 aromatic carbocycles. The number of H-pyrrole nitrogens is 1. The zero-order valence-electron chi connectivity index (χ0n) is 17.8. The Labute approximate surface area is 178 Å². The van der Waals surface area contributed by atoms with Crippen LogP contribution in [0.3, 0.4) is 0 Å². The molecular weight excluding hydrogens is 408 g/mol. The maximum absolute atomic E-state index is 12.9. The average molecular weight is 436 g/mol. The average Bonchev–Trinajstić information content (AvgIpc) is 3.37. The standard InChI is InChI=1S/C20H28N4O7/c1-20(2,3)31-19(28)23-7-4-5-12(23)17(26)21-11-10-29-13-9-15(30-16(11)13)24-8-6-14(25)22-18(24)27/h6,8,11-13,15-16H,4-5,7,9-10H2,1-3H3,(H,21,26)(H,22,25,27)/t11-,12+,13+,15+,16+/m0/s1. The zero-order valence-corrected chi connectivity index (χ0v) is 17.8. The molecule has 2 N–H and O–H groups in total. The van der Waals surface area contributed by atoms with Gasteiger partial charge in [0.05, 0.1) is 18.8 Å². The van der Waals surface area contributed by atoms with Crippen LogP contribution in [0.4, 0.5) is 4.79 Å². The van der Waals surface area contributed by atoms with Crippen LogP contribution in [0.5, 0.6) is 0 Å². The van der Waals surface area contributed by atoms with Gasteiger partial charge >= 0.3 is 11.8 Å². The van der Waals surface area contributed by atoms with Crippen LogP contribution >= 0.6 is 0 Å². The molecule has 4 heterocycles. The molecule has 1 aromatic heterocycles. The smallest absolute Gasteiger partial charge is 0.410 e. The molecule has 4 rings (SSSR count). The van der Waals surface area contributed by atoms with Crippen LogP contribution in [-0.2, 0) is 19.0 Å². The number of hydrogen-bond acceptors (Lipinski definition) is 7. The number of aromatic nitrogens is 2. The van der Waals surface area contributed by atoms with Crippen molar-refractivity contribution < 1.29 is 23.8 Å². The lowest BCUT2D eigenvalue weighted by molar-refractivity contribution is -0.127. The van der Waals surface area contributed by atoms with Crippen molar-refractivity contribution in [1.29, 1.82) is 0 Å². The predicted octanol–water partition coefficient (Wildman–Crippen LogP) is 0.107. The molecule has 0 radical (unpaired) electrons. The van der Waals surface area contributed by atoms with Gasteiger partial charge in [0.15, 0.2) is 0 Å². The van der Waals surface area contributed by atoms with Crippen molar-refractivity contribution in [2.45, 2.75) is 76.2 Å². The number of ether oxygens (including phenoxy) is 3. The van der Waals surface area contributed by atoms with E-state index in [0.717, 1.165) is 6.42 Å². The molecule has 31 heavy (non-hydrogen) atoms. The number of amides is 2. The number of likely N-dealkylation sites (tertiary alicyclic amines) is 1. The summed E-state index contributed by atoms with van der Waals surface area (Å²) < 4.78 is 18.5. The van der Waals surface area contributed by atoms with Crippen molar-refractivity contribution in [3.05, 3.63) is 33.1 Å². The molecule has 11 nitrogen and oxygen atoms in total. The molecule has 11 heteroatoms. The van der Waals surface area contributed by atoms with E-state index in [1.54, 1.807) is 20.8 Å². The van der Waals surface area contributed by atoms with E-state index in [0.29, 0.717) is 19.4 Å². The number of hydrogen-bond donors (Lipinski definition) is 2. The highest BCUT2D eigenvalue weighted by molar-refractivity contribution is 5.86. The van der Waals surface area contributed by atoms with E-state index >= 15 is 0 Å². The van der Waals surface area contributed by atoms with Crippen molar-refractivity contribution in [2.24, 2.45) is 0 Å². The van der Waals surface area contributed by atoms with Gasteiger partial charge in [-0.15, -0.1) is 0 Å². The first-order valence-corrected chi connectivity index (χ1v) is 10.5. The van der Waals surface area contributed by atoms with Crippen LogP contribution in [0.15, 0.2) is 21.9 Å². The predicted molar refractivity (Wildman–Crippen MR) is 107 cm³/mol. The number of nitrogens with zero attached hydrogens (tertiary/aromatic N) is 2. The second-order valence-electron chi connectivity index (χ2n) is 9.13. The maximum atomic E-state index is 12.9. The second kappa shape index (κ2) is 8.12. The third kappa shape index (κ3) is 4.52. The number of carbonyl (C=O) groups is 2. The highest BCUT2D eigenvalue weighted by Gasteiger charge is 2.48. The van der Waals surface area contributed by atoms with Crippen LogP contribution in [0.2, 0.25) is 0 Å². The quantitative estimate of drug-likeness (QED) is 0.687. The Hall–Kier alpha value is -2.66. The summed E-state index contributed by atoms with van der Waals surface area (Å²) in [6.07, 6.45) is 1.29. The van der Waals surface area contributed by atoms with Crippen LogP contribution in [0, 0.1) is 0 Å². The van der Waals surface area contributed by atoms with Crippen molar-refractivity contribution in [3.63, 3.8) is 0 Å². The SMILES string of the molecule is CC(C)(C)OC(=O)N1CCC[C@@H]1C(=O)N[C@H]1CO[C@@H]2C[C@H](n3ccc(=O)[nH]c3=O)O[C@H]12. The molecule has 1 aromatic rings. The minimum Gasteiger partial charge on any atom is -0.444 e. The molecule has 0 bridgehead atoms. The Kier molecular flexibility index (Phi) is 5.65. The molecule has 0 saturated carbocycles. The summed E-state index contributed by atoms with van der Waals surface area (Å²) in [5.41, 5.74) is -1.68. The van der Waals surface area contributed by atoms with E-state index in [2.05, 4.69) is 10.3 Å². The van der Waals surface area contributed by atoms with Crippen molar-refractivity contribution in [2.75, 3.05) is 13.2 Å². The van der Waals surface area contributed by atoms with Gasteiger partial charge in [0.25, 0.3) is 5.56 Å². The van der Waals surface area contributed by atoms with E-state index in [9.17, 15) is 19.2 Å². The molecule has 5 atom stereocenters. The monoisotopic (exact) mass is 436 g/mol. The Morgan fingerprint density at radius 2 is 2.06 bits per heavy atom. The van der Waals surface area contributed by atoms with Gasteiger partial charge in [-0.3, -0.25) is 24.0 Å². The third-order valence-corrected chi connectivity index (χ3v) is 5.67. The van der Waals surface area contributed by atoms with Crippen LogP contribution in [0.25, 0.3) is 0 Å². The summed E-state index contributed by atoms with van der Waals surface area (Å²) >= 11 is 0. The molecule has 3 saturated heterocycles. The fraction of sp³-hybridized carbons (Fsp3) is 0.700. The first-order chi connectivity index (χ1) is 14.6. The van der Waals surface area contributed by atoms with Gasteiger partial charge in [-0.1, -0.05) is 0 Å². The molecule has 170 valence electrons. The number of nitrogens with one attached hydrogen (secondary N) is 2. The van der Waals surface area contributed by atoms with Crippen LogP contribution in [0.1, 0.15) is 46.3 Å². The first kappa shape index (κ1) is 21.6. The van der Waals surface area contributed by atoms with E-state index in [1.807, 2.05) is 0 Å². The van der Waals surface area contributed by atoms with Gasteiger partial charge in [0.1, 0.15) is 24.0 Å². The van der Waals surface area contributed by atoms with Gasteiger partial charge in [-0.25, -0.2) is 9.59 Å². The Morgan fingerprint density at radius 3 is 2.77 bits per heavy atom. The molecule has 0 aliphatic carbocycles. The third-order valence-electron chi connectivity index (χ3n) is 5.67. The molecule has 2 amide bonds. The highest BCUT2D eigenvalue weighted by Crippen LogP contribution is 2.35. The van der Waals surface area contributed by atoms with Gasteiger partial charge in [-0.05, 0) is 33.6 Å². The lowest BCUT2D eigenvalue weighted by atomic mass is 10.1. The summed E-state index contributed by atoms with van der Waals surface area (Å²) in [5, 5.41) is 2.95. The van der Waals surface area contributed by atoms with Crippen molar-refractivity contribution >= 4 is 12.0 Å². The van der Waals surface area contributed by atoms with Gasteiger partial charge in [0.2, 0.25) is 5.91 Å². The lowest BCUT2D eigenvalue weighted by Gasteiger charge is -2.29. The number of fused-ring (bicyclic) bond motifs is 1. The highest BCUT2D eigenvalue weighted by atomic mass is 16.6. The fourth-order valence-corrected chi connectivity index (χ4v) is 4.31. The van der Waals surface area contributed by atoms with Gasteiger partial charge in [0, 0.05) is 25.2 Å². The lowest BCUT2D eigenvalue weighted by Crippen LogP contribution is -2.52. The van der Waals surface area contributed by atoms with Crippen molar-refractivity contribution in [1.82, 2.24) is 19.8 Å². The number of carbonyl (C=O) groups excluding carboxylic acids is 2. The molecule has 3 aliphatic heterocycles. The summed E-state index contributed by atoms with van der Waals surface area (Å²) in [4.78, 5) is 52.4. The zero-order chi connectivity index (χ0) is 22.3. The summed E-state index contributed by atoms with van der Waals surface area (Å²) in [5.74, 6) is -0.272. The van der Waals surface area contributed by atoms with Crippen molar-refractivity contribution in [3.8, 4) is 0 Å². The normalized spacial score (nSPS) is 30.3. The first-order valence-electron chi connectivity index (χ1n) is 10.5. The molecular formula is C20H28N4O7. The van der Waals surface area contributed by atoms with E-state index in [-0.39, 0.29) is 18.6 Å². The van der Waals surface area contributed by atoms with E-state index in [4.69, 9.17) is 14.2 Å². The van der Waals surface area contributed by atoms with Crippen LogP contribution in [-0.4, -0.2) is 69.5 Å². The maximum Gasteiger partial charge on any atom is 0.410 e.